The van der Waals surface area contributed by atoms with Gasteiger partial charge in [-0.15, -0.1) is 6.58 Å². The molecule has 0 saturated heterocycles. The van der Waals surface area contributed by atoms with Gasteiger partial charge in [-0.05, 0) is 37.2 Å². The first kappa shape index (κ1) is 13.4. The van der Waals surface area contributed by atoms with Gasteiger partial charge in [0.05, 0.1) is 0 Å². The first-order chi connectivity index (χ1) is 8.24. The monoisotopic (exact) mass is 248 g/mol. The van der Waals surface area contributed by atoms with Crippen LogP contribution in [0.25, 0.3) is 0 Å². The predicted molar refractivity (Wildman–Crippen MR) is 73.9 cm³/mol. The van der Waals surface area contributed by atoms with E-state index in [0.717, 1.165) is 19.4 Å². The minimum Gasteiger partial charge on any atom is -0.362 e. The van der Waals surface area contributed by atoms with E-state index in [2.05, 4.69) is 17.2 Å². The van der Waals surface area contributed by atoms with Gasteiger partial charge in [-0.1, -0.05) is 24.3 Å². The van der Waals surface area contributed by atoms with E-state index in [1.54, 1.807) is 12.1 Å². The van der Waals surface area contributed by atoms with Gasteiger partial charge < -0.3 is 5.32 Å². The van der Waals surface area contributed by atoms with Crippen molar-refractivity contribution in [1.29, 1.82) is 0 Å². The Morgan fingerprint density at radius 2 is 2.06 bits per heavy atom. The fourth-order valence-corrected chi connectivity index (χ4v) is 1.45. The molecular weight excluding hydrogens is 232 g/mol. The quantitative estimate of drug-likeness (QED) is 0.477. The number of rotatable bonds is 5. The SMILES string of the molecule is C=CCCCNC(=S)NC(=O)c1ccccc1. The van der Waals surface area contributed by atoms with Crippen LogP contribution in [0.4, 0.5) is 0 Å². The minimum absolute atomic E-state index is 0.188. The van der Waals surface area contributed by atoms with Gasteiger partial charge in [0.2, 0.25) is 0 Å². The van der Waals surface area contributed by atoms with E-state index < -0.39 is 0 Å². The molecule has 0 fully saturated rings. The molecule has 0 atom stereocenters. The zero-order chi connectivity index (χ0) is 12.5. The van der Waals surface area contributed by atoms with Crippen molar-refractivity contribution in [2.24, 2.45) is 0 Å². The van der Waals surface area contributed by atoms with Crippen LogP contribution in [0.15, 0.2) is 43.0 Å². The molecule has 0 aliphatic rings. The topological polar surface area (TPSA) is 41.1 Å². The van der Waals surface area contributed by atoms with Gasteiger partial charge in [0.15, 0.2) is 5.11 Å². The zero-order valence-electron chi connectivity index (χ0n) is 9.61. The smallest absolute Gasteiger partial charge is 0.257 e. The fourth-order valence-electron chi connectivity index (χ4n) is 1.26. The summed E-state index contributed by atoms with van der Waals surface area (Å²) in [5, 5.41) is 5.96. The molecule has 1 aromatic rings. The molecule has 1 amide bonds. The summed E-state index contributed by atoms with van der Waals surface area (Å²) in [6.45, 7) is 4.37. The summed E-state index contributed by atoms with van der Waals surface area (Å²) in [5.74, 6) is -0.188. The van der Waals surface area contributed by atoms with E-state index in [1.807, 2.05) is 24.3 Å². The number of carbonyl (C=O) groups excluding carboxylic acids is 1. The Labute approximate surface area is 107 Å². The highest BCUT2D eigenvalue weighted by molar-refractivity contribution is 7.80. The Morgan fingerprint density at radius 3 is 2.71 bits per heavy atom. The number of hydrogen-bond acceptors (Lipinski definition) is 2. The number of unbranched alkanes of at least 4 members (excludes halogenated alkanes) is 1. The number of thiocarbonyl (C=S) groups is 1. The van der Waals surface area contributed by atoms with Gasteiger partial charge in [0.1, 0.15) is 0 Å². The van der Waals surface area contributed by atoms with Crippen molar-refractivity contribution in [3.05, 3.63) is 48.6 Å². The second kappa shape index (κ2) is 7.57. The summed E-state index contributed by atoms with van der Waals surface area (Å²) in [6.07, 6.45) is 3.74. The molecule has 0 spiro atoms. The molecule has 0 aromatic heterocycles. The Balaban J connectivity index is 2.31. The summed E-state index contributed by atoms with van der Waals surface area (Å²) in [7, 11) is 0. The van der Waals surface area contributed by atoms with Crippen LogP contribution in [-0.4, -0.2) is 17.6 Å². The second-order valence-electron chi connectivity index (χ2n) is 3.51. The number of benzene rings is 1. The lowest BCUT2D eigenvalue weighted by molar-refractivity contribution is 0.0976. The average Bonchev–Trinajstić information content (AvgIpc) is 2.36. The van der Waals surface area contributed by atoms with E-state index in [4.69, 9.17) is 12.2 Å². The third-order valence-electron chi connectivity index (χ3n) is 2.13. The van der Waals surface area contributed by atoms with Crippen molar-refractivity contribution in [3.8, 4) is 0 Å². The van der Waals surface area contributed by atoms with Crippen molar-refractivity contribution >= 4 is 23.2 Å². The molecule has 0 aliphatic heterocycles. The van der Waals surface area contributed by atoms with Crippen molar-refractivity contribution in [1.82, 2.24) is 10.6 Å². The lowest BCUT2D eigenvalue weighted by Gasteiger charge is -2.08. The summed E-state index contributed by atoms with van der Waals surface area (Å²) in [5.41, 5.74) is 0.600. The molecule has 2 N–H and O–H groups in total. The van der Waals surface area contributed by atoms with Gasteiger partial charge in [-0.25, -0.2) is 0 Å². The number of carbonyl (C=O) groups is 1. The van der Waals surface area contributed by atoms with E-state index >= 15 is 0 Å². The van der Waals surface area contributed by atoms with Gasteiger partial charge in [0, 0.05) is 12.1 Å². The summed E-state index contributed by atoms with van der Waals surface area (Å²) in [6, 6.07) is 8.99. The van der Waals surface area contributed by atoms with E-state index in [-0.39, 0.29) is 5.91 Å². The molecule has 0 saturated carbocycles. The Hall–Kier alpha value is -1.68. The van der Waals surface area contributed by atoms with Crippen LogP contribution in [0.2, 0.25) is 0 Å². The van der Waals surface area contributed by atoms with Crippen LogP contribution >= 0.6 is 12.2 Å². The van der Waals surface area contributed by atoms with Gasteiger partial charge >= 0.3 is 0 Å². The number of allylic oxidation sites excluding steroid dienone is 1. The molecule has 1 aromatic carbocycles. The van der Waals surface area contributed by atoms with E-state index in [1.165, 1.54) is 0 Å². The Morgan fingerprint density at radius 1 is 1.35 bits per heavy atom. The highest BCUT2D eigenvalue weighted by Crippen LogP contribution is 1.97. The first-order valence-corrected chi connectivity index (χ1v) is 5.90. The van der Waals surface area contributed by atoms with E-state index in [0.29, 0.717) is 10.7 Å². The van der Waals surface area contributed by atoms with Crippen LogP contribution in [-0.2, 0) is 0 Å². The van der Waals surface area contributed by atoms with Gasteiger partial charge in [-0.3, -0.25) is 10.1 Å². The molecule has 0 aliphatic carbocycles. The standard InChI is InChI=1S/C13H16N2OS/c1-2-3-7-10-14-13(17)15-12(16)11-8-5-4-6-9-11/h2,4-6,8-9H,1,3,7,10H2,(H2,14,15,16,17). The summed E-state index contributed by atoms with van der Waals surface area (Å²) >= 11 is 5.01. The van der Waals surface area contributed by atoms with Crippen LogP contribution < -0.4 is 10.6 Å². The first-order valence-electron chi connectivity index (χ1n) is 5.49. The Kier molecular flexibility index (Phi) is 5.96. The molecule has 4 heteroatoms. The van der Waals surface area contributed by atoms with Crippen molar-refractivity contribution in [2.75, 3.05) is 6.54 Å². The van der Waals surface area contributed by atoms with Crippen LogP contribution in [0.3, 0.4) is 0 Å². The molecule has 3 nitrogen and oxygen atoms in total. The third-order valence-corrected chi connectivity index (χ3v) is 2.38. The maximum Gasteiger partial charge on any atom is 0.257 e. The molecule has 1 rings (SSSR count). The summed E-state index contributed by atoms with van der Waals surface area (Å²) in [4.78, 5) is 11.7. The molecule has 0 unspecified atom stereocenters. The molecular formula is C13H16N2OS. The molecule has 17 heavy (non-hydrogen) atoms. The zero-order valence-corrected chi connectivity index (χ0v) is 10.4. The Bertz CT molecular complexity index is 390. The minimum atomic E-state index is -0.188. The van der Waals surface area contributed by atoms with Crippen molar-refractivity contribution in [2.45, 2.75) is 12.8 Å². The lowest BCUT2D eigenvalue weighted by atomic mass is 10.2. The van der Waals surface area contributed by atoms with Gasteiger partial charge in [-0.2, -0.15) is 0 Å². The van der Waals surface area contributed by atoms with Crippen molar-refractivity contribution < 1.29 is 4.79 Å². The van der Waals surface area contributed by atoms with Crippen molar-refractivity contribution in [3.63, 3.8) is 0 Å². The number of nitrogens with one attached hydrogen (secondary N) is 2. The molecule has 90 valence electrons. The van der Waals surface area contributed by atoms with Crippen LogP contribution in [0.1, 0.15) is 23.2 Å². The predicted octanol–water partition coefficient (Wildman–Crippen LogP) is 2.26. The largest absolute Gasteiger partial charge is 0.362 e. The van der Waals surface area contributed by atoms with E-state index in [9.17, 15) is 4.79 Å². The number of amides is 1. The van der Waals surface area contributed by atoms with Crippen LogP contribution in [0.5, 0.6) is 0 Å². The maximum atomic E-state index is 11.7. The number of hydrogen-bond donors (Lipinski definition) is 2. The average molecular weight is 248 g/mol. The molecule has 0 bridgehead atoms. The van der Waals surface area contributed by atoms with Gasteiger partial charge in [0.25, 0.3) is 5.91 Å². The second-order valence-corrected chi connectivity index (χ2v) is 3.92. The maximum absolute atomic E-state index is 11.7. The molecule has 0 heterocycles. The third kappa shape index (κ3) is 5.26. The summed E-state index contributed by atoms with van der Waals surface area (Å²) < 4.78 is 0. The fraction of sp³-hybridized carbons (Fsp3) is 0.231. The normalized spacial score (nSPS) is 9.41. The highest BCUT2D eigenvalue weighted by atomic mass is 32.1. The lowest BCUT2D eigenvalue weighted by Crippen LogP contribution is -2.39. The molecule has 0 radical (unpaired) electrons. The van der Waals surface area contributed by atoms with Crippen LogP contribution in [0, 0.1) is 0 Å². The highest BCUT2D eigenvalue weighted by Gasteiger charge is 2.05.